The van der Waals surface area contributed by atoms with Crippen LogP contribution in [0.25, 0.3) is 10.1 Å². The van der Waals surface area contributed by atoms with Gasteiger partial charge in [0.1, 0.15) is 0 Å². The van der Waals surface area contributed by atoms with E-state index in [1.54, 1.807) is 35.2 Å². The van der Waals surface area contributed by atoms with Crippen molar-refractivity contribution in [2.75, 3.05) is 20.3 Å². The van der Waals surface area contributed by atoms with E-state index in [9.17, 15) is 24.3 Å². The van der Waals surface area contributed by atoms with Crippen LogP contribution in [-0.2, 0) is 27.5 Å². The van der Waals surface area contributed by atoms with Gasteiger partial charge < -0.3 is 34.4 Å². The Kier molecular flexibility index (Phi) is 9.56. The van der Waals surface area contributed by atoms with Crippen LogP contribution in [0.2, 0.25) is 0 Å². The quantitative estimate of drug-likeness (QED) is 0.175. The summed E-state index contributed by atoms with van der Waals surface area (Å²) in [6.07, 6.45) is 0.314. The first-order chi connectivity index (χ1) is 20.0. The van der Waals surface area contributed by atoms with Crippen molar-refractivity contribution >= 4 is 45.1 Å². The van der Waals surface area contributed by atoms with Crippen molar-refractivity contribution < 1.29 is 48.7 Å². The average Bonchev–Trinajstić information content (AvgIpc) is 3.55. The average molecular weight is 600 g/mol. The van der Waals surface area contributed by atoms with Crippen molar-refractivity contribution in [3.63, 3.8) is 0 Å². The van der Waals surface area contributed by atoms with Crippen LogP contribution in [0, 0.1) is 11.8 Å². The Morgan fingerprint density at radius 1 is 0.857 bits per heavy atom. The summed E-state index contributed by atoms with van der Waals surface area (Å²) in [6.45, 7) is 4.14. The number of aromatic hydroxyl groups is 1. The minimum Gasteiger partial charge on any atom is -0.504 e. The molecule has 3 aromatic rings. The number of rotatable bonds is 14. The van der Waals surface area contributed by atoms with Crippen molar-refractivity contribution in [2.45, 2.75) is 46.2 Å². The molecule has 0 aliphatic carbocycles. The van der Waals surface area contributed by atoms with Crippen LogP contribution in [0.15, 0.2) is 30.3 Å². The fourth-order valence-electron chi connectivity index (χ4n) is 4.53. The lowest BCUT2D eigenvalue weighted by Crippen LogP contribution is -2.28. The second-order valence-corrected chi connectivity index (χ2v) is 11.4. The van der Waals surface area contributed by atoms with Gasteiger partial charge in [-0.1, -0.05) is 13.8 Å². The number of aliphatic carboxylic acids is 2. The van der Waals surface area contributed by atoms with E-state index in [1.807, 2.05) is 0 Å². The topological polar surface area (TPSA) is 160 Å². The van der Waals surface area contributed by atoms with Crippen molar-refractivity contribution in [3.05, 3.63) is 46.3 Å². The monoisotopic (exact) mass is 599 g/mol. The highest BCUT2D eigenvalue weighted by molar-refractivity contribution is 7.20. The van der Waals surface area contributed by atoms with Gasteiger partial charge in [0.05, 0.1) is 37.0 Å². The van der Waals surface area contributed by atoms with Gasteiger partial charge in [0, 0.05) is 43.1 Å². The molecule has 1 aliphatic rings. The van der Waals surface area contributed by atoms with Crippen LogP contribution >= 0.6 is 11.3 Å². The van der Waals surface area contributed by atoms with Crippen LogP contribution in [-0.4, -0.2) is 64.2 Å². The molecular weight excluding hydrogens is 566 g/mol. The number of hydrogen-bond donors (Lipinski definition) is 3. The zero-order chi connectivity index (χ0) is 30.6. The minimum absolute atomic E-state index is 0.0458. The Balaban J connectivity index is 1.31. The fourth-order valence-corrected chi connectivity index (χ4v) is 5.55. The molecule has 4 rings (SSSR count). The lowest BCUT2D eigenvalue weighted by Gasteiger charge is -2.16. The van der Waals surface area contributed by atoms with Crippen LogP contribution in [0.5, 0.6) is 23.0 Å². The SMILES string of the molecule is COc1cc2sc(C(=O)CC(C)C(=O)O)cc2cc1OCCCOc1cc2c(cc1O)CN(C(=O)CC(C)C(=O)O)C2. The highest BCUT2D eigenvalue weighted by atomic mass is 32.1. The molecule has 2 unspecified atom stereocenters. The molecule has 2 atom stereocenters. The van der Waals surface area contributed by atoms with Gasteiger partial charge in [-0.15, -0.1) is 11.3 Å². The molecule has 1 amide bonds. The van der Waals surface area contributed by atoms with Gasteiger partial charge in [-0.05, 0) is 40.8 Å². The number of Topliss-reactive ketones (excluding diaryl/α,β-unsaturated/α-hetero) is 1. The molecule has 0 saturated carbocycles. The summed E-state index contributed by atoms with van der Waals surface area (Å²) in [4.78, 5) is 49.2. The second-order valence-electron chi connectivity index (χ2n) is 10.4. The number of benzene rings is 2. The molecule has 0 radical (unpaired) electrons. The third kappa shape index (κ3) is 7.11. The summed E-state index contributed by atoms with van der Waals surface area (Å²) in [5.74, 6) is -2.84. The molecule has 1 aromatic heterocycles. The summed E-state index contributed by atoms with van der Waals surface area (Å²) in [6, 6.07) is 8.55. The second kappa shape index (κ2) is 13.1. The number of nitrogens with zero attached hydrogens (tertiary/aromatic N) is 1. The number of carbonyl (C=O) groups is 4. The van der Waals surface area contributed by atoms with Gasteiger partial charge >= 0.3 is 11.9 Å². The summed E-state index contributed by atoms with van der Waals surface area (Å²) in [5, 5.41) is 29.4. The normalized spacial score (nSPS) is 13.8. The Hall–Kier alpha value is -4.32. The summed E-state index contributed by atoms with van der Waals surface area (Å²) in [5.41, 5.74) is 1.62. The van der Waals surface area contributed by atoms with Crippen LogP contribution in [0.3, 0.4) is 0 Å². The van der Waals surface area contributed by atoms with Gasteiger partial charge in [-0.25, -0.2) is 0 Å². The largest absolute Gasteiger partial charge is 0.504 e. The van der Waals surface area contributed by atoms with E-state index in [0.29, 0.717) is 35.9 Å². The molecule has 224 valence electrons. The van der Waals surface area contributed by atoms with E-state index >= 15 is 0 Å². The number of phenols is 1. The van der Waals surface area contributed by atoms with E-state index in [-0.39, 0.29) is 49.2 Å². The Labute approximate surface area is 246 Å². The number of ether oxygens (including phenoxy) is 3. The number of methoxy groups -OCH3 is 1. The first kappa shape index (κ1) is 30.6. The van der Waals surface area contributed by atoms with Crippen LogP contribution in [0.4, 0.5) is 0 Å². The summed E-state index contributed by atoms with van der Waals surface area (Å²) >= 11 is 1.27. The van der Waals surface area contributed by atoms with Crippen molar-refractivity contribution in [2.24, 2.45) is 11.8 Å². The van der Waals surface area contributed by atoms with Crippen molar-refractivity contribution in [3.8, 4) is 23.0 Å². The van der Waals surface area contributed by atoms with E-state index in [4.69, 9.17) is 24.4 Å². The van der Waals surface area contributed by atoms with E-state index in [1.165, 1.54) is 32.3 Å². The number of carbonyl (C=O) groups excluding carboxylic acids is 2. The smallest absolute Gasteiger partial charge is 0.306 e. The van der Waals surface area contributed by atoms with Crippen molar-refractivity contribution in [1.29, 1.82) is 0 Å². The van der Waals surface area contributed by atoms with Crippen LogP contribution in [0.1, 0.15) is 53.9 Å². The third-order valence-electron chi connectivity index (χ3n) is 7.05. The van der Waals surface area contributed by atoms with Gasteiger partial charge in [0.2, 0.25) is 5.91 Å². The molecule has 42 heavy (non-hydrogen) atoms. The summed E-state index contributed by atoms with van der Waals surface area (Å²) < 4.78 is 18.0. The molecule has 1 aliphatic heterocycles. The molecule has 2 aromatic carbocycles. The molecular formula is C30H33NO10S. The minimum atomic E-state index is -1.02. The highest BCUT2D eigenvalue weighted by Crippen LogP contribution is 2.38. The molecule has 11 nitrogen and oxygen atoms in total. The first-order valence-corrected chi connectivity index (χ1v) is 14.3. The lowest BCUT2D eigenvalue weighted by molar-refractivity contribution is -0.145. The number of ketones is 1. The third-order valence-corrected chi connectivity index (χ3v) is 8.19. The van der Waals surface area contributed by atoms with Crippen molar-refractivity contribution in [1.82, 2.24) is 4.90 Å². The number of carboxylic acids is 2. The number of phenolic OH excluding ortho intramolecular Hbond substituents is 1. The van der Waals surface area contributed by atoms with Gasteiger partial charge in [-0.3, -0.25) is 19.2 Å². The van der Waals surface area contributed by atoms with Gasteiger partial charge in [0.25, 0.3) is 0 Å². The Bertz CT molecular complexity index is 1510. The maximum absolute atomic E-state index is 12.5. The van der Waals surface area contributed by atoms with E-state index in [2.05, 4.69) is 0 Å². The maximum atomic E-state index is 12.5. The molecule has 2 heterocycles. The first-order valence-electron chi connectivity index (χ1n) is 13.4. The maximum Gasteiger partial charge on any atom is 0.306 e. The summed E-state index contributed by atoms with van der Waals surface area (Å²) in [7, 11) is 1.52. The molecule has 0 fully saturated rings. The predicted molar refractivity (Wildman–Crippen MR) is 154 cm³/mol. The van der Waals surface area contributed by atoms with Crippen LogP contribution < -0.4 is 14.2 Å². The number of carboxylic acid groups (broad SMARTS) is 2. The number of hydrogen-bond acceptors (Lipinski definition) is 9. The van der Waals surface area contributed by atoms with Gasteiger partial charge in [-0.2, -0.15) is 0 Å². The molecule has 12 heteroatoms. The molecule has 0 bridgehead atoms. The highest BCUT2D eigenvalue weighted by Gasteiger charge is 2.27. The molecule has 0 saturated heterocycles. The number of thiophene rings is 1. The van der Waals surface area contributed by atoms with Gasteiger partial charge in [0.15, 0.2) is 28.8 Å². The lowest BCUT2D eigenvalue weighted by atomic mass is 10.0. The van der Waals surface area contributed by atoms with E-state index in [0.717, 1.165) is 21.2 Å². The fraction of sp³-hybridized carbons (Fsp3) is 0.400. The zero-order valence-corrected chi connectivity index (χ0v) is 24.4. The number of amides is 1. The molecule has 0 spiro atoms. The molecule has 3 N–H and O–H groups in total. The standard InChI is InChI=1S/C30H33NO10S/c1-16(29(35)36)7-22(33)27-12-18-10-25(24(39-3)13-26(18)42-27)41-6-4-5-40-23-11-20-15-31(14-19(20)9-21(23)32)28(34)8-17(2)30(37)38/h9-13,16-17,32H,4-8,14-15H2,1-3H3,(H,35,36)(H,37,38). The number of fused-ring (bicyclic) bond motifs is 2. The Morgan fingerprint density at radius 3 is 2.12 bits per heavy atom. The zero-order valence-electron chi connectivity index (χ0n) is 23.5. The predicted octanol–water partition coefficient (Wildman–Crippen LogP) is 4.71. The Morgan fingerprint density at radius 2 is 1.48 bits per heavy atom. The van der Waals surface area contributed by atoms with E-state index < -0.39 is 23.8 Å².